The molecule has 49 heavy (non-hydrogen) atoms. The second kappa shape index (κ2) is 15.1. The van der Waals surface area contributed by atoms with Gasteiger partial charge < -0.3 is 44.3 Å². The van der Waals surface area contributed by atoms with Crippen molar-refractivity contribution in [3.63, 3.8) is 0 Å². The Kier molecular flexibility index (Phi) is 10.7. The van der Waals surface area contributed by atoms with Crippen molar-refractivity contribution in [2.75, 3.05) is 13.1 Å². The van der Waals surface area contributed by atoms with Crippen LogP contribution >= 0.6 is 0 Å². The molecule has 8 aromatic carbocycles. The van der Waals surface area contributed by atoms with Gasteiger partial charge in [0.25, 0.3) is 0 Å². The average Bonchev–Trinajstić information content (AvgIpc) is 3.66. The summed E-state index contributed by atoms with van der Waals surface area (Å²) >= 11 is 0. The Morgan fingerprint density at radius 3 is 1.90 bits per heavy atom. The molecular formula is C45H42N2SiZr-8. The molecule has 0 unspecified atom stereocenters. The molecule has 8 rings (SSSR count). The molecule has 2 nitrogen and oxygen atoms in total. The zero-order valence-electron chi connectivity index (χ0n) is 28.9. The minimum Gasteiger partial charge on any atom is -0.791 e. The second-order valence-corrected chi connectivity index (χ2v) is 17.6. The average molecular weight is 730 g/mol. The minimum absolute atomic E-state index is 0. The molecule has 0 atom stereocenters. The first-order valence-corrected chi connectivity index (χ1v) is 20.0. The molecule has 0 saturated carbocycles. The minimum atomic E-state index is -1.94. The fourth-order valence-electron chi connectivity index (χ4n) is 7.68. The molecule has 0 N–H and O–H groups in total. The van der Waals surface area contributed by atoms with Gasteiger partial charge in [0, 0.05) is 26.2 Å². The van der Waals surface area contributed by atoms with E-state index in [0.717, 1.165) is 30.9 Å². The number of nitrogens with zero attached hydrogens (tertiary/aromatic N) is 2. The predicted octanol–water partition coefficient (Wildman–Crippen LogP) is 12.0. The molecule has 0 spiro atoms. The van der Waals surface area contributed by atoms with Crippen LogP contribution in [0.15, 0.2) is 146 Å². The van der Waals surface area contributed by atoms with Gasteiger partial charge in [-0.25, -0.2) is 18.4 Å². The summed E-state index contributed by atoms with van der Waals surface area (Å²) < 4.78 is 0. The van der Waals surface area contributed by atoms with Gasteiger partial charge >= 0.3 is 0 Å². The van der Waals surface area contributed by atoms with Crippen molar-refractivity contribution in [1.29, 1.82) is 0 Å². The number of hydrogen-bond donors (Lipinski definition) is 0. The molecule has 248 valence electrons. The van der Waals surface area contributed by atoms with Crippen molar-refractivity contribution in [2.24, 2.45) is 0 Å². The summed E-state index contributed by atoms with van der Waals surface area (Å²) in [5, 5.41) is 23.2. The number of rotatable bonds is 8. The molecule has 0 aliphatic carbocycles. The summed E-state index contributed by atoms with van der Waals surface area (Å²) in [6.07, 6.45) is 0.990. The van der Waals surface area contributed by atoms with Gasteiger partial charge in [0.2, 0.25) is 0 Å². The number of hydrogen-bond acceptors (Lipinski definition) is 0. The number of benzene rings is 6. The van der Waals surface area contributed by atoms with Gasteiger partial charge in [0.15, 0.2) is 0 Å². The van der Waals surface area contributed by atoms with Crippen LogP contribution in [0.3, 0.4) is 0 Å². The fourth-order valence-corrected chi connectivity index (χ4v) is 11.8. The van der Waals surface area contributed by atoms with Crippen LogP contribution in [0, 0.1) is 13.8 Å². The van der Waals surface area contributed by atoms with Crippen molar-refractivity contribution >= 4 is 72.9 Å². The molecule has 0 fully saturated rings. The van der Waals surface area contributed by atoms with Crippen molar-refractivity contribution < 1.29 is 26.2 Å². The van der Waals surface area contributed by atoms with Gasteiger partial charge in [-0.3, -0.25) is 0 Å². The quantitative estimate of drug-likeness (QED) is 0.0846. The van der Waals surface area contributed by atoms with Gasteiger partial charge in [-0.2, -0.15) is 16.6 Å². The molecule has 0 aromatic heterocycles. The van der Waals surface area contributed by atoms with E-state index in [1.165, 1.54) is 54.2 Å². The SMILES string of the molecule is Cc1cc2c3ccccc3ccc2[c-]1[Si](C)(C)[c-]1[c-](C)[cH-][c-]2c3ccccc3cc[c-]12.[Zr].c1ccc([N-]CCC[N-]c2ccccc2)cc1. The maximum atomic E-state index is 4.48. The van der Waals surface area contributed by atoms with E-state index in [1.807, 2.05) is 60.7 Å². The molecule has 0 aliphatic heterocycles. The third kappa shape index (κ3) is 7.09. The Morgan fingerprint density at radius 2 is 1.22 bits per heavy atom. The van der Waals surface area contributed by atoms with Crippen LogP contribution in [0.25, 0.3) is 53.7 Å². The molecule has 4 heteroatoms. The van der Waals surface area contributed by atoms with Crippen molar-refractivity contribution in [3.8, 4) is 0 Å². The summed E-state index contributed by atoms with van der Waals surface area (Å²) in [5.41, 5.74) is 4.98. The Bertz CT molecular complexity index is 2150. The van der Waals surface area contributed by atoms with Crippen LogP contribution in [0.2, 0.25) is 13.1 Å². The van der Waals surface area contributed by atoms with Gasteiger partial charge in [-0.05, 0) is 5.39 Å². The van der Waals surface area contributed by atoms with Crippen LogP contribution < -0.4 is 10.4 Å². The summed E-state index contributed by atoms with van der Waals surface area (Å²) in [6.45, 7) is 11.4. The van der Waals surface area contributed by atoms with E-state index < -0.39 is 8.07 Å². The maximum absolute atomic E-state index is 4.48. The molecule has 0 heterocycles. The van der Waals surface area contributed by atoms with E-state index in [9.17, 15) is 0 Å². The smallest absolute Gasteiger partial charge is 0 e. The summed E-state index contributed by atoms with van der Waals surface area (Å²) in [6, 6.07) is 51.9. The van der Waals surface area contributed by atoms with Crippen molar-refractivity contribution in [1.82, 2.24) is 0 Å². The third-order valence-corrected chi connectivity index (χ3v) is 13.5. The number of aryl methyl sites for hydroxylation is 2. The molecule has 8 aromatic rings. The van der Waals surface area contributed by atoms with Gasteiger partial charge in [0.1, 0.15) is 0 Å². The monoisotopic (exact) mass is 728 g/mol. The Balaban J connectivity index is 0.000000198. The topological polar surface area (TPSA) is 28.2 Å². The van der Waals surface area contributed by atoms with E-state index in [2.05, 4.69) is 123 Å². The molecular weight excluding hydrogens is 688 g/mol. The van der Waals surface area contributed by atoms with Crippen LogP contribution in [-0.4, -0.2) is 21.2 Å². The molecule has 0 saturated heterocycles. The van der Waals surface area contributed by atoms with E-state index in [-0.39, 0.29) is 26.2 Å². The zero-order valence-corrected chi connectivity index (χ0v) is 32.3. The summed E-state index contributed by atoms with van der Waals surface area (Å²) in [4.78, 5) is 0. The van der Waals surface area contributed by atoms with E-state index in [4.69, 9.17) is 0 Å². The number of para-hydroxylation sites is 2. The molecule has 0 radical (unpaired) electrons. The predicted molar refractivity (Wildman–Crippen MR) is 214 cm³/mol. The van der Waals surface area contributed by atoms with Crippen LogP contribution in [0.4, 0.5) is 11.4 Å². The van der Waals surface area contributed by atoms with E-state index >= 15 is 0 Å². The van der Waals surface area contributed by atoms with Crippen LogP contribution in [0.1, 0.15) is 17.5 Å². The van der Waals surface area contributed by atoms with Crippen molar-refractivity contribution in [2.45, 2.75) is 33.4 Å². The van der Waals surface area contributed by atoms with E-state index in [0.29, 0.717) is 0 Å². The standard InChI is InChI=1S/C30H26Si.C15H16N2.Zr/c1-19-17-27-23-11-7-5-9-21(23)13-15-25(27)29(19)31(3,4)30-20(2)18-28-24-12-8-6-10-22(24)14-16-26(28)30;1-3-8-14(9-4-1)16-12-7-13-17-15-10-5-2-6-11-15;/h5-18H,1-4H3;1-6,8-11H,7,12-13H2;/q-6;-2;. The van der Waals surface area contributed by atoms with Crippen molar-refractivity contribution in [3.05, 3.63) is 167 Å². The number of fused-ring (bicyclic) bond motifs is 6. The van der Waals surface area contributed by atoms with Crippen LogP contribution in [-0.2, 0) is 26.2 Å². The normalized spacial score (nSPS) is 11.3. The van der Waals surface area contributed by atoms with Gasteiger partial charge in [0.05, 0.1) is 0 Å². The molecule has 0 bridgehead atoms. The van der Waals surface area contributed by atoms with Gasteiger partial charge in [-0.1, -0.05) is 152 Å². The largest absolute Gasteiger partial charge is 0.791 e. The first kappa shape index (κ1) is 34.6. The summed E-state index contributed by atoms with van der Waals surface area (Å²) in [7, 11) is -1.94. The fraction of sp³-hybridized carbons (Fsp3) is 0.156. The molecule has 0 aliphatic rings. The Hall–Kier alpha value is -4.24. The first-order chi connectivity index (χ1) is 23.4. The second-order valence-electron chi connectivity index (χ2n) is 13.3. The third-order valence-electron chi connectivity index (χ3n) is 9.66. The molecule has 0 amide bonds. The Labute approximate surface area is 311 Å². The Morgan fingerprint density at radius 1 is 0.633 bits per heavy atom. The maximum Gasteiger partial charge on any atom is 0 e. The van der Waals surface area contributed by atoms with E-state index in [1.54, 1.807) is 10.4 Å². The summed E-state index contributed by atoms with van der Waals surface area (Å²) in [5.74, 6) is 0. The van der Waals surface area contributed by atoms with Gasteiger partial charge in [-0.15, -0.1) is 49.6 Å². The van der Waals surface area contributed by atoms with Crippen LogP contribution in [0.5, 0.6) is 0 Å². The first-order valence-electron chi connectivity index (χ1n) is 17.0. The zero-order chi connectivity index (χ0) is 33.1.